The van der Waals surface area contributed by atoms with Crippen LogP contribution in [0.25, 0.3) is 0 Å². The van der Waals surface area contributed by atoms with Crippen molar-refractivity contribution in [1.29, 1.82) is 0 Å². The van der Waals surface area contributed by atoms with Crippen molar-refractivity contribution in [1.82, 2.24) is 4.90 Å². The molecule has 21 heavy (non-hydrogen) atoms. The third-order valence-corrected chi connectivity index (χ3v) is 3.16. The highest BCUT2D eigenvalue weighted by Crippen LogP contribution is 2.25. The lowest BCUT2D eigenvalue weighted by atomic mass is 10.1. The Kier molecular flexibility index (Phi) is 3.75. The van der Waals surface area contributed by atoms with Gasteiger partial charge in [0.05, 0.1) is 11.1 Å². The molecule has 1 aromatic carbocycles. The van der Waals surface area contributed by atoms with Crippen LogP contribution in [-0.4, -0.2) is 41.2 Å². The quantitative estimate of drug-likeness (QED) is 0.621. The van der Waals surface area contributed by atoms with Crippen LogP contribution in [0.2, 0.25) is 0 Å². The molecule has 1 aliphatic heterocycles. The van der Waals surface area contributed by atoms with Crippen LogP contribution in [-0.2, 0) is 14.3 Å². The molecule has 0 aliphatic carbocycles. The largest absolute Gasteiger partial charge is 0.454 e. The fourth-order valence-corrected chi connectivity index (χ4v) is 2.09. The van der Waals surface area contributed by atoms with Gasteiger partial charge < -0.3 is 10.5 Å². The molecule has 3 amide bonds. The van der Waals surface area contributed by atoms with Gasteiger partial charge in [-0.05, 0) is 26.0 Å². The van der Waals surface area contributed by atoms with Crippen molar-refractivity contribution in [3.63, 3.8) is 0 Å². The van der Waals surface area contributed by atoms with Crippen LogP contribution >= 0.6 is 0 Å². The monoisotopic (exact) mass is 290 g/mol. The number of ether oxygens (including phenoxy) is 1. The number of hydrogen-bond donors (Lipinski definition) is 1. The maximum absolute atomic E-state index is 12.2. The summed E-state index contributed by atoms with van der Waals surface area (Å²) in [5.41, 5.74) is 6.21. The molecule has 1 heterocycles. The van der Waals surface area contributed by atoms with Crippen LogP contribution in [0.4, 0.5) is 0 Å². The van der Waals surface area contributed by atoms with Crippen molar-refractivity contribution in [3.05, 3.63) is 34.9 Å². The normalized spacial score (nSPS) is 14.9. The van der Waals surface area contributed by atoms with E-state index < -0.39 is 36.3 Å². The van der Waals surface area contributed by atoms with Gasteiger partial charge >= 0.3 is 5.97 Å². The number of fused-ring (bicyclic) bond motifs is 1. The van der Waals surface area contributed by atoms with Gasteiger partial charge in [-0.15, -0.1) is 0 Å². The molecule has 1 aliphatic rings. The third-order valence-electron chi connectivity index (χ3n) is 3.16. The van der Waals surface area contributed by atoms with E-state index in [0.717, 1.165) is 10.5 Å². The first-order valence-corrected chi connectivity index (χ1v) is 6.26. The van der Waals surface area contributed by atoms with E-state index in [2.05, 4.69) is 4.74 Å². The summed E-state index contributed by atoms with van der Waals surface area (Å²) in [6.45, 7) is 2.56. The number of nitrogens with zero attached hydrogens (tertiary/aromatic N) is 1. The summed E-state index contributed by atoms with van der Waals surface area (Å²) in [6.07, 6.45) is 0. The van der Waals surface area contributed by atoms with E-state index in [9.17, 15) is 19.2 Å². The van der Waals surface area contributed by atoms with E-state index in [-0.39, 0.29) is 11.1 Å². The maximum atomic E-state index is 12.2. The number of carbonyl (C=O) groups is 4. The molecule has 110 valence electrons. The number of imide groups is 1. The highest BCUT2D eigenvalue weighted by molar-refractivity contribution is 6.22. The highest BCUT2D eigenvalue weighted by Gasteiger charge is 2.41. The summed E-state index contributed by atoms with van der Waals surface area (Å²) in [6, 6.07) is 3.73. The Morgan fingerprint density at radius 3 is 2.48 bits per heavy atom. The van der Waals surface area contributed by atoms with E-state index in [0.29, 0.717) is 0 Å². The van der Waals surface area contributed by atoms with Gasteiger partial charge in [0.2, 0.25) is 0 Å². The van der Waals surface area contributed by atoms with Crippen molar-refractivity contribution in [3.8, 4) is 0 Å². The van der Waals surface area contributed by atoms with Gasteiger partial charge in [-0.25, -0.2) is 4.79 Å². The average molecular weight is 290 g/mol. The number of amides is 3. The first-order chi connectivity index (χ1) is 9.82. The van der Waals surface area contributed by atoms with E-state index in [1.807, 2.05) is 0 Å². The van der Waals surface area contributed by atoms with Gasteiger partial charge in [-0.3, -0.25) is 19.3 Å². The summed E-state index contributed by atoms with van der Waals surface area (Å²) >= 11 is 0. The van der Waals surface area contributed by atoms with Gasteiger partial charge in [-0.2, -0.15) is 0 Å². The van der Waals surface area contributed by atoms with Gasteiger partial charge in [0.1, 0.15) is 6.04 Å². The number of carbonyl (C=O) groups excluding carboxylic acids is 4. The van der Waals surface area contributed by atoms with Crippen LogP contribution in [0.5, 0.6) is 0 Å². The number of primary amides is 1. The van der Waals surface area contributed by atoms with Gasteiger partial charge in [0.25, 0.3) is 17.7 Å². The Morgan fingerprint density at radius 2 is 1.86 bits per heavy atom. The van der Waals surface area contributed by atoms with Crippen LogP contribution in [0.3, 0.4) is 0 Å². The predicted octanol–water partition coefficient (Wildman–Crippen LogP) is 0.00802. The fourth-order valence-electron chi connectivity index (χ4n) is 2.09. The standard InChI is InChI=1S/C14H14N2O5/c1-7-3-4-9-10(5-7)13(19)16(12(9)18)8(2)14(20)21-6-11(15)17/h3-5,8H,6H2,1-2H3,(H2,15,17). The Bertz CT molecular complexity index is 653. The number of benzene rings is 1. The van der Waals surface area contributed by atoms with Crippen molar-refractivity contribution in [2.24, 2.45) is 5.73 Å². The lowest BCUT2D eigenvalue weighted by molar-refractivity contribution is -0.151. The predicted molar refractivity (Wildman–Crippen MR) is 71.3 cm³/mol. The number of nitrogens with two attached hydrogens (primary N) is 1. The van der Waals surface area contributed by atoms with E-state index >= 15 is 0 Å². The molecule has 0 saturated heterocycles. The number of esters is 1. The summed E-state index contributed by atoms with van der Waals surface area (Å²) in [4.78, 5) is 47.6. The molecule has 0 fully saturated rings. The molecule has 0 bridgehead atoms. The van der Waals surface area contributed by atoms with Crippen LogP contribution in [0, 0.1) is 6.92 Å². The Hall–Kier alpha value is -2.70. The van der Waals surface area contributed by atoms with Crippen molar-refractivity contribution in [2.75, 3.05) is 6.61 Å². The first-order valence-electron chi connectivity index (χ1n) is 6.26. The van der Waals surface area contributed by atoms with E-state index in [1.165, 1.54) is 6.92 Å². The van der Waals surface area contributed by atoms with Crippen LogP contribution in [0.15, 0.2) is 18.2 Å². The zero-order valence-electron chi connectivity index (χ0n) is 11.6. The molecule has 0 spiro atoms. The fraction of sp³-hybridized carbons (Fsp3) is 0.286. The molecule has 2 N–H and O–H groups in total. The molecule has 1 atom stereocenters. The van der Waals surface area contributed by atoms with Crippen molar-refractivity contribution in [2.45, 2.75) is 19.9 Å². The first kappa shape index (κ1) is 14.7. The molecular formula is C14H14N2O5. The lowest BCUT2D eigenvalue weighted by Gasteiger charge is -2.20. The molecule has 1 aromatic rings. The summed E-state index contributed by atoms with van der Waals surface area (Å²) in [5.74, 6) is -2.78. The zero-order valence-corrected chi connectivity index (χ0v) is 11.6. The smallest absolute Gasteiger partial charge is 0.329 e. The van der Waals surface area contributed by atoms with Crippen LogP contribution in [0.1, 0.15) is 33.2 Å². The molecule has 0 aromatic heterocycles. The second kappa shape index (κ2) is 5.35. The maximum Gasteiger partial charge on any atom is 0.329 e. The Labute approximate surface area is 120 Å². The molecule has 7 nitrogen and oxygen atoms in total. The minimum atomic E-state index is -1.13. The second-order valence-corrected chi connectivity index (χ2v) is 4.78. The highest BCUT2D eigenvalue weighted by atomic mass is 16.5. The molecule has 1 unspecified atom stereocenters. The SMILES string of the molecule is Cc1ccc2c(c1)C(=O)N(C(C)C(=O)OCC(N)=O)C2=O. The molecular weight excluding hydrogens is 276 g/mol. The Balaban J connectivity index is 2.22. The average Bonchev–Trinajstić information content (AvgIpc) is 2.67. The second-order valence-electron chi connectivity index (χ2n) is 4.78. The molecule has 2 rings (SSSR count). The summed E-state index contributed by atoms with van der Waals surface area (Å²) in [7, 11) is 0. The van der Waals surface area contributed by atoms with E-state index in [4.69, 9.17) is 5.73 Å². The van der Waals surface area contributed by atoms with Gasteiger partial charge in [-0.1, -0.05) is 11.6 Å². The van der Waals surface area contributed by atoms with Gasteiger partial charge in [0, 0.05) is 0 Å². The number of rotatable bonds is 4. The minimum absolute atomic E-state index is 0.250. The third kappa shape index (κ3) is 2.62. The van der Waals surface area contributed by atoms with Crippen LogP contribution < -0.4 is 5.73 Å². The Morgan fingerprint density at radius 1 is 1.24 bits per heavy atom. The summed E-state index contributed by atoms with van der Waals surface area (Å²) < 4.78 is 4.64. The van der Waals surface area contributed by atoms with Crippen molar-refractivity contribution >= 4 is 23.7 Å². The lowest BCUT2D eigenvalue weighted by Crippen LogP contribution is -2.44. The topological polar surface area (TPSA) is 107 Å². The molecule has 0 radical (unpaired) electrons. The number of aryl methyl sites for hydroxylation is 1. The zero-order chi connectivity index (χ0) is 15.7. The van der Waals surface area contributed by atoms with Crippen molar-refractivity contribution < 1.29 is 23.9 Å². The minimum Gasteiger partial charge on any atom is -0.454 e. The number of hydrogen-bond acceptors (Lipinski definition) is 5. The van der Waals surface area contributed by atoms with E-state index in [1.54, 1.807) is 25.1 Å². The molecule has 7 heteroatoms. The van der Waals surface area contributed by atoms with Gasteiger partial charge in [0.15, 0.2) is 6.61 Å². The molecule has 0 saturated carbocycles. The summed E-state index contributed by atoms with van der Waals surface area (Å²) in [5, 5.41) is 0.